The number of methoxy groups -OCH3 is 1. The van der Waals surface area contributed by atoms with E-state index in [4.69, 9.17) is 16.3 Å². The van der Waals surface area contributed by atoms with Crippen molar-refractivity contribution >= 4 is 28.8 Å². The molecule has 5 nitrogen and oxygen atoms in total. The number of rotatable bonds is 8. The lowest BCUT2D eigenvalue weighted by molar-refractivity contribution is -0.120. The first-order valence-corrected chi connectivity index (χ1v) is 11.7. The van der Waals surface area contributed by atoms with Crippen LogP contribution >= 0.6 is 22.9 Å². The highest BCUT2D eigenvalue weighted by Crippen LogP contribution is 2.32. The van der Waals surface area contributed by atoms with Crippen molar-refractivity contribution < 1.29 is 9.53 Å². The average molecular weight is 456 g/mol. The first-order valence-electron chi connectivity index (χ1n) is 10.5. The highest BCUT2D eigenvalue weighted by Gasteiger charge is 2.26. The zero-order valence-electron chi connectivity index (χ0n) is 17.5. The molecule has 2 heterocycles. The van der Waals surface area contributed by atoms with E-state index in [0.717, 1.165) is 40.7 Å². The van der Waals surface area contributed by atoms with Crippen LogP contribution in [0.15, 0.2) is 53.9 Å². The zero-order chi connectivity index (χ0) is 21.6. The quantitative estimate of drug-likeness (QED) is 0.521. The fourth-order valence-electron chi connectivity index (χ4n) is 4.01. The van der Waals surface area contributed by atoms with Gasteiger partial charge in [-0.2, -0.15) is 0 Å². The first-order chi connectivity index (χ1) is 15.2. The number of benzene rings is 2. The molecular formula is C24H26ClN3O2S. The monoisotopic (exact) mass is 455 g/mol. The Morgan fingerprint density at radius 2 is 1.94 bits per heavy atom. The number of para-hydroxylation sites is 1. The van der Waals surface area contributed by atoms with Crippen molar-refractivity contribution in [2.24, 2.45) is 0 Å². The predicted octanol–water partition coefficient (Wildman–Crippen LogP) is 4.97. The van der Waals surface area contributed by atoms with Crippen LogP contribution in [-0.4, -0.2) is 42.5 Å². The summed E-state index contributed by atoms with van der Waals surface area (Å²) >= 11 is 7.78. The number of carbonyl (C=O) groups is 1. The van der Waals surface area contributed by atoms with Gasteiger partial charge >= 0.3 is 0 Å². The largest absolute Gasteiger partial charge is 0.496 e. The number of nitrogens with one attached hydrogen (secondary N) is 1. The fourth-order valence-corrected chi connectivity index (χ4v) is 5.15. The van der Waals surface area contributed by atoms with Gasteiger partial charge in [0.25, 0.3) is 0 Å². The Morgan fingerprint density at radius 3 is 2.71 bits per heavy atom. The Bertz CT molecular complexity index is 1030. The zero-order valence-corrected chi connectivity index (χ0v) is 19.1. The number of hydrogen-bond donors (Lipinski definition) is 1. The number of ether oxygens (including phenoxy) is 1. The summed E-state index contributed by atoms with van der Waals surface area (Å²) in [6.07, 6.45) is 2.62. The fraction of sp³-hybridized carbons (Fsp3) is 0.333. The summed E-state index contributed by atoms with van der Waals surface area (Å²) in [5.41, 5.74) is 2.76. The maximum absolute atomic E-state index is 12.7. The van der Waals surface area contributed by atoms with Gasteiger partial charge in [0.15, 0.2) is 0 Å². The van der Waals surface area contributed by atoms with Gasteiger partial charge < -0.3 is 10.1 Å². The molecule has 4 rings (SSSR count). The van der Waals surface area contributed by atoms with E-state index >= 15 is 0 Å². The third-order valence-electron chi connectivity index (χ3n) is 5.57. The SMILES string of the molecule is COc1ccccc1C(CNC(=O)Cc1csc(-c2ccccc2Cl)n1)N1CCCC1. The average Bonchev–Trinajstić information content (AvgIpc) is 3.47. The first kappa shape index (κ1) is 21.8. The molecule has 1 aliphatic rings. The summed E-state index contributed by atoms with van der Waals surface area (Å²) in [5, 5.41) is 6.54. The van der Waals surface area contributed by atoms with Crippen molar-refractivity contribution in [1.82, 2.24) is 15.2 Å². The third-order valence-corrected chi connectivity index (χ3v) is 6.82. The van der Waals surface area contributed by atoms with Crippen molar-refractivity contribution in [3.05, 3.63) is 70.2 Å². The van der Waals surface area contributed by atoms with Gasteiger partial charge in [0.2, 0.25) is 5.91 Å². The second-order valence-corrected chi connectivity index (χ2v) is 8.87. The normalized spacial score (nSPS) is 15.0. The standard InChI is InChI=1S/C24H26ClN3O2S/c1-30-22-11-5-3-9-19(22)21(28-12-6-7-13-28)15-26-23(29)14-17-16-31-24(27-17)18-8-2-4-10-20(18)25/h2-5,8-11,16,21H,6-7,12-15H2,1H3,(H,26,29). The van der Waals surface area contributed by atoms with Crippen LogP contribution in [0.5, 0.6) is 5.75 Å². The number of nitrogens with zero attached hydrogens (tertiary/aromatic N) is 2. The number of likely N-dealkylation sites (tertiary alicyclic amines) is 1. The Balaban J connectivity index is 1.42. The summed E-state index contributed by atoms with van der Waals surface area (Å²) in [7, 11) is 1.69. The Hall–Kier alpha value is -2.41. The molecule has 0 radical (unpaired) electrons. The minimum Gasteiger partial charge on any atom is -0.496 e. The summed E-state index contributed by atoms with van der Waals surface area (Å²) in [4.78, 5) is 19.7. The van der Waals surface area contributed by atoms with E-state index in [1.165, 1.54) is 24.2 Å². The van der Waals surface area contributed by atoms with Crippen molar-refractivity contribution in [2.75, 3.05) is 26.7 Å². The lowest BCUT2D eigenvalue weighted by Gasteiger charge is -2.29. The summed E-state index contributed by atoms with van der Waals surface area (Å²) in [6, 6.07) is 15.8. The van der Waals surface area contributed by atoms with Crippen LogP contribution in [0.1, 0.15) is 30.1 Å². The number of hydrogen-bond acceptors (Lipinski definition) is 5. The lowest BCUT2D eigenvalue weighted by atomic mass is 10.0. The second kappa shape index (κ2) is 10.3. The lowest BCUT2D eigenvalue weighted by Crippen LogP contribution is -2.37. The van der Waals surface area contributed by atoms with Crippen molar-refractivity contribution in [2.45, 2.75) is 25.3 Å². The third kappa shape index (κ3) is 5.26. The van der Waals surface area contributed by atoms with Gasteiger partial charge in [0.05, 0.1) is 30.3 Å². The minimum absolute atomic E-state index is 0.0323. The van der Waals surface area contributed by atoms with E-state index in [0.29, 0.717) is 11.6 Å². The maximum Gasteiger partial charge on any atom is 0.226 e. The molecule has 1 aliphatic heterocycles. The van der Waals surface area contributed by atoms with Crippen LogP contribution in [-0.2, 0) is 11.2 Å². The van der Waals surface area contributed by atoms with E-state index in [9.17, 15) is 4.79 Å². The van der Waals surface area contributed by atoms with Crippen LogP contribution in [0.4, 0.5) is 0 Å². The molecule has 1 N–H and O–H groups in total. The molecule has 1 unspecified atom stereocenters. The molecule has 7 heteroatoms. The van der Waals surface area contributed by atoms with Crippen LogP contribution < -0.4 is 10.1 Å². The maximum atomic E-state index is 12.7. The number of amides is 1. The summed E-state index contributed by atoms with van der Waals surface area (Å²) in [5.74, 6) is 0.827. The van der Waals surface area contributed by atoms with Gasteiger partial charge in [-0.3, -0.25) is 9.69 Å². The molecule has 1 saturated heterocycles. The molecule has 1 atom stereocenters. The molecule has 0 aliphatic carbocycles. The summed E-state index contributed by atoms with van der Waals surface area (Å²) < 4.78 is 5.58. The van der Waals surface area contributed by atoms with Crippen LogP contribution in [0, 0.1) is 0 Å². The highest BCUT2D eigenvalue weighted by atomic mass is 35.5. The van der Waals surface area contributed by atoms with Gasteiger partial charge in [-0.05, 0) is 38.1 Å². The van der Waals surface area contributed by atoms with E-state index in [-0.39, 0.29) is 18.4 Å². The molecule has 2 aromatic carbocycles. The molecule has 162 valence electrons. The Labute approximate surface area is 192 Å². The van der Waals surface area contributed by atoms with Gasteiger partial charge in [-0.25, -0.2) is 4.98 Å². The number of aromatic nitrogens is 1. The van der Waals surface area contributed by atoms with E-state index < -0.39 is 0 Å². The van der Waals surface area contributed by atoms with Crippen LogP contribution in [0.2, 0.25) is 5.02 Å². The molecule has 0 bridgehead atoms. The molecule has 3 aromatic rings. The minimum atomic E-state index is -0.0323. The van der Waals surface area contributed by atoms with Crippen LogP contribution in [0.25, 0.3) is 10.6 Å². The Kier molecular flexibility index (Phi) is 7.22. The van der Waals surface area contributed by atoms with Gasteiger partial charge in [0, 0.05) is 23.1 Å². The van der Waals surface area contributed by atoms with Crippen molar-refractivity contribution in [3.8, 4) is 16.3 Å². The summed E-state index contributed by atoms with van der Waals surface area (Å²) in [6.45, 7) is 2.61. The smallest absolute Gasteiger partial charge is 0.226 e. The van der Waals surface area contributed by atoms with Gasteiger partial charge in [-0.15, -0.1) is 11.3 Å². The van der Waals surface area contributed by atoms with E-state index in [1.807, 2.05) is 47.8 Å². The molecule has 31 heavy (non-hydrogen) atoms. The molecule has 1 aromatic heterocycles. The second-order valence-electron chi connectivity index (χ2n) is 7.61. The predicted molar refractivity (Wildman–Crippen MR) is 126 cm³/mol. The molecule has 0 saturated carbocycles. The highest BCUT2D eigenvalue weighted by molar-refractivity contribution is 7.13. The molecule has 1 amide bonds. The van der Waals surface area contributed by atoms with E-state index in [2.05, 4.69) is 21.3 Å². The molecule has 1 fully saturated rings. The van der Waals surface area contributed by atoms with Gasteiger partial charge in [0.1, 0.15) is 10.8 Å². The van der Waals surface area contributed by atoms with Crippen molar-refractivity contribution in [3.63, 3.8) is 0 Å². The Morgan fingerprint density at radius 1 is 1.19 bits per heavy atom. The molecular weight excluding hydrogens is 430 g/mol. The van der Waals surface area contributed by atoms with Crippen molar-refractivity contribution in [1.29, 1.82) is 0 Å². The van der Waals surface area contributed by atoms with E-state index in [1.54, 1.807) is 7.11 Å². The number of carbonyl (C=O) groups excluding carboxylic acids is 1. The van der Waals surface area contributed by atoms with Gasteiger partial charge in [-0.1, -0.05) is 48.0 Å². The topological polar surface area (TPSA) is 54.5 Å². The molecule has 0 spiro atoms. The number of thiazole rings is 1. The van der Waals surface area contributed by atoms with Crippen LogP contribution in [0.3, 0.4) is 0 Å². The number of halogens is 1.